The van der Waals surface area contributed by atoms with Gasteiger partial charge in [0.2, 0.25) is 0 Å². The highest BCUT2D eigenvalue weighted by Crippen LogP contribution is 2.35. The van der Waals surface area contributed by atoms with Crippen molar-refractivity contribution in [3.05, 3.63) is 54.9 Å². The Morgan fingerprint density at radius 2 is 1.74 bits per heavy atom. The van der Waals surface area contributed by atoms with Gasteiger partial charge in [-0.1, -0.05) is 11.2 Å². The molecule has 0 saturated carbocycles. The van der Waals surface area contributed by atoms with Crippen LogP contribution in [0, 0.1) is 0 Å². The summed E-state index contributed by atoms with van der Waals surface area (Å²) >= 11 is 10.3. The first-order valence-corrected chi connectivity index (χ1v) is 12.0. The van der Waals surface area contributed by atoms with Crippen molar-refractivity contribution in [2.75, 3.05) is 26.7 Å². The molecule has 2 rings (SSSR count). The third-order valence-corrected chi connectivity index (χ3v) is 6.15. The van der Waals surface area contributed by atoms with Crippen LogP contribution in [0.5, 0.6) is 11.5 Å². The predicted octanol–water partition coefficient (Wildman–Crippen LogP) is 4.40. The molecule has 0 saturated heterocycles. The zero-order chi connectivity index (χ0) is 22.8. The van der Waals surface area contributed by atoms with E-state index in [0.29, 0.717) is 24.0 Å². The van der Waals surface area contributed by atoms with Gasteiger partial charge in [0, 0.05) is 13.0 Å². The molecule has 2 aromatic carbocycles. The molecular weight excluding hydrogens is 598 g/mol. The van der Waals surface area contributed by atoms with Crippen LogP contribution >= 0.6 is 47.8 Å². The monoisotopic (exact) mass is 619 g/mol. The zero-order valence-corrected chi connectivity index (χ0v) is 21.7. The Morgan fingerprint density at radius 1 is 1.06 bits per heavy atom. The van der Waals surface area contributed by atoms with Crippen molar-refractivity contribution in [2.45, 2.75) is 19.3 Å². The molecule has 4 N–H and O–H groups in total. The first-order chi connectivity index (χ1) is 14.8. The summed E-state index contributed by atoms with van der Waals surface area (Å²) in [5.74, 6) is 0.398. The fourth-order valence-corrected chi connectivity index (χ4v) is 4.69. The van der Waals surface area contributed by atoms with Crippen LogP contribution in [0.1, 0.15) is 17.5 Å². The number of oxime groups is 1. The standard InChI is InChI=1S/C21H24Br3N3O4/c1-25-6-2-8-31-20-16(23)10-14(11-17(20)24)5-7-26-21(29)18(27-30)12-13-3-4-19(28)15(22)9-13/h3-4,9-11,25,28,30H,2,5-8,12H2,1H3,(H,26,29)/b27-18+. The molecule has 0 radical (unpaired) electrons. The maximum atomic E-state index is 12.4. The Balaban J connectivity index is 1.89. The van der Waals surface area contributed by atoms with Gasteiger partial charge in [0.1, 0.15) is 17.2 Å². The first kappa shape index (κ1) is 25.6. The SMILES string of the molecule is CNCCCOc1c(Br)cc(CCNC(=O)/C(Cc2ccc(O)c(Br)c2)=N/O)cc1Br. The number of benzene rings is 2. The number of phenols is 1. The Hall–Kier alpha value is -1.62. The van der Waals surface area contributed by atoms with Crippen LogP contribution in [0.2, 0.25) is 0 Å². The number of ether oxygens (including phenoxy) is 1. The Morgan fingerprint density at radius 3 is 2.35 bits per heavy atom. The average molecular weight is 622 g/mol. The van der Waals surface area contributed by atoms with E-state index >= 15 is 0 Å². The second-order valence-electron chi connectivity index (χ2n) is 6.71. The molecule has 0 bridgehead atoms. The average Bonchev–Trinajstić information content (AvgIpc) is 2.73. The third kappa shape index (κ3) is 8.10. The topological polar surface area (TPSA) is 103 Å². The molecule has 0 aliphatic carbocycles. The summed E-state index contributed by atoms with van der Waals surface area (Å²) in [5, 5.41) is 27.8. The fourth-order valence-electron chi connectivity index (χ4n) is 2.75. The first-order valence-electron chi connectivity index (χ1n) is 9.57. The van der Waals surface area contributed by atoms with Crippen molar-refractivity contribution < 1.29 is 19.8 Å². The summed E-state index contributed by atoms with van der Waals surface area (Å²) in [6.45, 7) is 1.86. The van der Waals surface area contributed by atoms with E-state index < -0.39 is 5.91 Å². The van der Waals surface area contributed by atoms with E-state index in [4.69, 9.17) is 4.74 Å². The van der Waals surface area contributed by atoms with E-state index in [1.165, 1.54) is 6.07 Å². The van der Waals surface area contributed by atoms with Gasteiger partial charge < -0.3 is 25.7 Å². The lowest BCUT2D eigenvalue weighted by Gasteiger charge is -2.13. The Kier molecular flexibility index (Phi) is 10.8. The van der Waals surface area contributed by atoms with E-state index in [1.54, 1.807) is 12.1 Å². The van der Waals surface area contributed by atoms with Crippen molar-refractivity contribution in [3.8, 4) is 11.5 Å². The number of nitrogens with zero attached hydrogens (tertiary/aromatic N) is 1. The Bertz CT molecular complexity index is 915. The van der Waals surface area contributed by atoms with Gasteiger partial charge in [-0.15, -0.1) is 0 Å². The number of halogens is 3. The number of amides is 1. The second kappa shape index (κ2) is 13.0. The van der Waals surface area contributed by atoms with Crippen LogP contribution in [0.3, 0.4) is 0 Å². The van der Waals surface area contributed by atoms with Gasteiger partial charge in [-0.25, -0.2) is 0 Å². The van der Waals surface area contributed by atoms with Gasteiger partial charge in [0.25, 0.3) is 5.91 Å². The number of aromatic hydroxyl groups is 1. The summed E-state index contributed by atoms with van der Waals surface area (Å²) in [5.41, 5.74) is 1.72. The van der Waals surface area contributed by atoms with Crippen molar-refractivity contribution in [3.63, 3.8) is 0 Å². The normalized spacial score (nSPS) is 11.4. The molecule has 10 heteroatoms. The van der Waals surface area contributed by atoms with Crippen molar-refractivity contribution in [2.24, 2.45) is 5.16 Å². The van der Waals surface area contributed by atoms with Gasteiger partial charge in [-0.05, 0) is 110 Å². The molecule has 7 nitrogen and oxygen atoms in total. The molecule has 0 fully saturated rings. The van der Waals surface area contributed by atoms with Crippen LogP contribution in [0.15, 0.2) is 48.9 Å². The minimum absolute atomic E-state index is 0.00901. The smallest absolute Gasteiger partial charge is 0.269 e. The summed E-state index contributed by atoms with van der Waals surface area (Å²) in [6.07, 6.45) is 1.63. The van der Waals surface area contributed by atoms with Crippen LogP contribution in [-0.4, -0.2) is 48.7 Å². The highest BCUT2D eigenvalue weighted by molar-refractivity contribution is 9.11. The largest absolute Gasteiger partial charge is 0.507 e. The minimum atomic E-state index is -0.450. The molecule has 31 heavy (non-hydrogen) atoms. The maximum Gasteiger partial charge on any atom is 0.269 e. The van der Waals surface area contributed by atoms with Crippen LogP contribution in [0.25, 0.3) is 0 Å². The molecular formula is C21H24Br3N3O4. The predicted molar refractivity (Wildman–Crippen MR) is 131 cm³/mol. The molecule has 2 aromatic rings. The quantitative estimate of drug-likeness (QED) is 0.129. The number of rotatable bonds is 11. The molecule has 0 aliphatic heterocycles. The zero-order valence-electron chi connectivity index (χ0n) is 16.9. The Labute approximate surface area is 206 Å². The van der Waals surface area contributed by atoms with E-state index in [9.17, 15) is 15.1 Å². The molecule has 0 unspecified atom stereocenters. The minimum Gasteiger partial charge on any atom is -0.507 e. The molecule has 0 aliphatic rings. The maximum absolute atomic E-state index is 12.4. The van der Waals surface area contributed by atoms with E-state index in [-0.39, 0.29) is 17.9 Å². The summed E-state index contributed by atoms with van der Waals surface area (Å²) in [4.78, 5) is 12.4. The van der Waals surface area contributed by atoms with Gasteiger partial charge in [-0.2, -0.15) is 0 Å². The van der Waals surface area contributed by atoms with Crippen molar-refractivity contribution in [1.29, 1.82) is 0 Å². The molecule has 0 aromatic heterocycles. The highest BCUT2D eigenvalue weighted by Gasteiger charge is 2.14. The summed E-state index contributed by atoms with van der Waals surface area (Å²) in [7, 11) is 1.90. The third-order valence-electron chi connectivity index (χ3n) is 4.34. The van der Waals surface area contributed by atoms with Crippen molar-refractivity contribution >= 4 is 59.4 Å². The molecule has 0 heterocycles. The van der Waals surface area contributed by atoms with Crippen LogP contribution in [-0.2, 0) is 17.6 Å². The number of nitrogens with one attached hydrogen (secondary N) is 2. The summed E-state index contributed by atoms with van der Waals surface area (Å²) < 4.78 is 8.00. The highest BCUT2D eigenvalue weighted by atomic mass is 79.9. The van der Waals surface area contributed by atoms with E-state index in [0.717, 1.165) is 38.8 Å². The molecule has 0 spiro atoms. The van der Waals surface area contributed by atoms with Crippen LogP contribution in [0.4, 0.5) is 0 Å². The number of carbonyl (C=O) groups excluding carboxylic acids is 1. The summed E-state index contributed by atoms with van der Waals surface area (Å²) in [6, 6.07) is 8.76. The van der Waals surface area contributed by atoms with Crippen molar-refractivity contribution in [1.82, 2.24) is 10.6 Å². The lowest BCUT2D eigenvalue weighted by Crippen LogP contribution is -2.33. The molecule has 0 atom stereocenters. The van der Waals surface area contributed by atoms with Gasteiger partial charge in [0.15, 0.2) is 0 Å². The van der Waals surface area contributed by atoms with E-state index in [1.807, 2.05) is 19.2 Å². The number of phenolic OH excluding ortho intramolecular Hbond substituents is 1. The number of carbonyl (C=O) groups is 1. The second-order valence-corrected chi connectivity index (χ2v) is 9.27. The lowest BCUT2D eigenvalue weighted by atomic mass is 10.1. The van der Waals surface area contributed by atoms with Crippen LogP contribution < -0.4 is 15.4 Å². The van der Waals surface area contributed by atoms with E-state index in [2.05, 4.69) is 63.6 Å². The lowest BCUT2D eigenvalue weighted by molar-refractivity contribution is -0.115. The van der Waals surface area contributed by atoms with Gasteiger partial charge >= 0.3 is 0 Å². The number of hydrogen-bond donors (Lipinski definition) is 4. The van der Waals surface area contributed by atoms with Gasteiger partial charge in [0.05, 0.1) is 20.0 Å². The van der Waals surface area contributed by atoms with Gasteiger partial charge in [-0.3, -0.25) is 4.79 Å². The fraction of sp³-hybridized carbons (Fsp3) is 0.333. The molecule has 1 amide bonds. The number of hydrogen-bond acceptors (Lipinski definition) is 6. The molecule has 168 valence electrons.